The standard InChI is InChI=1S/C13H9BrN2O3/c14-9-6-8-2-1-5-15-13(8)10(7-9)16-11(17)3-4-12(18)19/h1-7H,(H,16,17)(H,18,19)/b4-3+. The number of carboxylic acids is 1. The van der Waals surface area contributed by atoms with Crippen molar-refractivity contribution in [1.29, 1.82) is 0 Å². The lowest BCUT2D eigenvalue weighted by Gasteiger charge is -2.07. The predicted octanol–water partition coefficient (Wildman–Crippen LogP) is 2.58. The molecule has 0 atom stereocenters. The van der Waals surface area contributed by atoms with Crippen LogP contribution >= 0.6 is 15.9 Å². The molecule has 1 aromatic heterocycles. The first-order valence-electron chi connectivity index (χ1n) is 5.32. The Bertz CT molecular complexity index is 683. The highest BCUT2D eigenvalue weighted by Crippen LogP contribution is 2.26. The Hall–Kier alpha value is -2.21. The van der Waals surface area contributed by atoms with Gasteiger partial charge in [-0.25, -0.2) is 4.79 Å². The first-order valence-corrected chi connectivity index (χ1v) is 6.12. The summed E-state index contributed by atoms with van der Waals surface area (Å²) in [6, 6.07) is 7.26. The van der Waals surface area contributed by atoms with Crippen molar-refractivity contribution in [2.45, 2.75) is 0 Å². The van der Waals surface area contributed by atoms with E-state index in [1.165, 1.54) is 0 Å². The van der Waals surface area contributed by atoms with Crippen molar-refractivity contribution in [3.63, 3.8) is 0 Å². The van der Waals surface area contributed by atoms with Gasteiger partial charge >= 0.3 is 5.97 Å². The smallest absolute Gasteiger partial charge is 0.328 e. The summed E-state index contributed by atoms with van der Waals surface area (Å²) in [5.74, 6) is -1.69. The number of pyridine rings is 1. The summed E-state index contributed by atoms with van der Waals surface area (Å²) in [5.41, 5.74) is 1.16. The molecule has 0 aliphatic carbocycles. The number of hydrogen-bond donors (Lipinski definition) is 2. The Morgan fingerprint density at radius 3 is 2.84 bits per heavy atom. The lowest BCUT2D eigenvalue weighted by atomic mass is 10.2. The first kappa shape index (κ1) is 13.2. The molecule has 0 saturated heterocycles. The van der Waals surface area contributed by atoms with Gasteiger partial charge < -0.3 is 10.4 Å². The molecule has 1 amide bonds. The minimum Gasteiger partial charge on any atom is -0.478 e. The topological polar surface area (TPSA) is 79.3 Å². The Morgan fingerprint density at radius 2 is 2.11 bits per heavy atom. The molecule has 2 aromatic rings. The van der Waals surface area contributed by atoms with Gasteiger partial charge in [-0.3, -0.25) is 9.78 Å². The Morgan fingerprint density at radius 1 is 1.32 bits per heavy atom. The number of halogens is 1. The summed E-state index contributed by atoms with van der Waals surface area (Å²) in [4.78, 5) is 26.1. The van der Waals surface area contributed by atoms with Gasteiger partial charge in [0.15, 0.2) is 0 Å². The number of benzene rings is 1. The molecule has 19 heavy (non-hydrogen) atoms. The fraction of sp³-hybridized carbons (Fsp3) is 0. The number of carboxylic acid groups (broad SMARTS) is 1. The van der Waals surface area contributed by atoms with Gasteiger partial charge in [-0.2, -0.15) is 0 Å². The second-order valence-corrected chi connectivity index (χ2v) is 4.60. The zero-order valence-electron chi connectivity index (χ0n) is 9.63. The van der Waals surface area contributed by atoms with Gasteiger partial charge in [0.05, 0.1) is 11.2 Å². The van der Waals surface area contributed by atoms with Gasteiger partial charge in [0.1, 0.15) is 0 Å². The van der Waals surface area contributed by atoms with Crippen LogP contribution in [-0.4, -0.2) is 22.0 Å². The van der Waals surface area contributed by atoms with Crippen molar-refractivity contribution in [2.75, 3.05) is 5.32 Å². The largest absolute Gasteiger partial charge is 0.478 e. The van der Waals surface area contributed by atoms with Crippen molar-refractivity contribution in [1.82, 2.24) is 4.98 Å². The molecule has 0 saturated carbocycles. The number of aliphatic carboxylic acids is 1. The van der Waals surface area contributed by atoms with Crippen molar-refractivity contribution in [2.24, 2.45) is 0 Å². The maximum atomic E-state index is 11.6. The van der Waals surface area contributed by atoms with E-state index in [0.717, 1.165) is 22.0 Å². The Labute approximate surface area is 117 Å². The van der Waals surface area contributed by atoms with Crippen LogP contribution in [0.3, 0.4) is 0 Å². The fourth-order valence-electron chi connectivity index (χ4n) is 1.57. The SMILES string of the molecule is O=C(O)/C=C/C(=O)Nc1cc(Br)cc2cccnc12. The van der Waals surface area contributed by atoms with Crippen LogP contribution in [0.5, 0.6) is 0 Å². The number of fused-ring (bicyclic) bond motifs is 1. The molecule has 0 aliphatic rings. The van der Waals surface area contributed by atoms with Crippen LogP contribution in [0.15, 0.2) is 47.1 Å². The molecular weight excluding hydrogens is 312 g/mol. The quantitative estimate of drug-likeness (QED) is 0.852. The third-order valence-electron chi connectivity index (χ3n) is 2.30. The summed E-state index contributed by atoms with van der Waals surface area (Å²) in [7, 11) is 0. The number of hydrogen-bond acceptors (Lipinski definition) is 3. The zero-order chi connectivity index (χ0) is 13.8. The van der Waals surface area contributed by atoms with Crippen LogP contribution in [-0.2, 0) is 9.59 Å². The van der Waals surface area contributed by atoms with E-state index in [9.17, 15) is 9.59 Å². The van der Waals surface area contributed by atoms with Gasteiger partial charge in [0.2, 0.25) is 5.91 Å². The van der Waals surface area contributed by atoms with E-state index in [2.05, 4.69) is 26.2 Å². The molecular formula is C13H9BrN2O3. The van der Waals surface area contributed by atoms with E-state index in [1.54, 1.807) is 18.3 Å². The molecule has 0 aliphatic heterocycles. The number of anilines is 1. The van der Waals surface area contributed by atoms with Crippen LogP contribution in [0.25, 0.3) is 10.9 Å². The van der Waals surface area contributed by atoms with E-state index in [1.807, 2.05) is 12.1 Å². The van der Waals surface area contributed by atoms with Crippen molar-refractivity contribution in [3.8, 4) is 0 Å². The van der Waals surface area contributed by atoms with Crippen molar-refractivity contribution in [3.05, 3.63) is 47.1 Å². The second-order valence-electron chi connectivity index (χ2n) is 3.69. The molecule has 0 spiro atoms. The minimum absolute atomic E-state index is 0.519. The van der Waals surface area contributed by atoms with Crippen LogP contribution in [0, 0.1) is 0 Å². The highest BCUT2D eigenvalue weighted by molar-refractivity contribution is 9.10. The summed E-state index contributed by atoms with van der Waals surface area (Å²) in [5, 5.41) is 11.9. The van der Waals surface area contributed by atoms with Gasteiger partial charge in [0.25, 0.3) is 0 Å². The van der Waals surface area contributed by atoms with Crippen LogP contribution in [0.1, 0.15) is 0 Å². The second kappa shape index (κ2) is 5.62. The number of carbonyl (C=O) groups is 2. The predicted molar refractivity (Wildman–Crippen MR) is 74.8 cm³/mol. The lowest BCUT2D eigenvalue weighted by molar-refractivity contribution is -0.131. The molecule has 0 fully saturated rings. The third-order valence-corrected chi connectivity index (χ3v) is 2.76. The van der Waals surface area contributed by atoms with Crippen LogP contribution < -0.4 is 5.32 Å². The summed E-state index contributed by atoms with van der Waals surface area (Å²) >= 11 is 3.34. The zero-order valence-corrected chi connectivity index (χ0v) is 11.2. The van der Waals surface area contributed by atoms with Crippen molar-refractivity contribution < 1.29 is 14.7 Å². The Kier molecular flexibility index (Phi) is 3.91. The summed E-state index contributed by atoms with van der Waals surface area (Å²) < 4.78 is 0.797. The van der Waals surface area contributed by atoms with Gasteiger partial charge in [0, 0.05) is 28.2 Å². The molecule has 6 heteroatoms. The van der Waals surface area contributed by atoms with Crippen molar-refractivity contribution >= 4 is 44.4 Å². The summed E-state index contributed by atoms with van der Waals surface area (Å²) in [6.07, 6.45) is 3.36. The highest BCUT2D eigenvalue weighted by atomic mass is 79.9. The van der Waals surface area contributed by atoms with Gasteiger partial charge in [-0.15, -0.1) is 0 Å². The van der Waals surface area contributed by atoms with E-state index < -0.39 is 11.9 Å². The van der Waals surface area contributed by atoms with E-state index >= 15 is 0 Å². The molecule has 5 nitrogen and oxygen atoms in total. The highest BCUT2D eigenvalue weighted by Gasteiger charge is 2.06. The normalized spacial score (nSPS) is 10.8. The minimum atomic E-state index is -1.17. The number of amides is 1. The Balaban J connectivity index is 2.35. The van der Waals surface area contributed by atoms with Gasteiger partial charge in [-0.05, 0) is 18.2 Å². The molecule has 0 radical (unpaired) electrons. The number of nitrogens with zero attached hydrogens (tertiary/aromatic N) is 1. The maximum Gasteiger partial charge on any atom is 0.328 e. The number of rotatable bonds is 3. The maximum absolute atomic E-state index is 11.6. The summed E-state index contributed by atoms with van der Waals surface area (Å²) in [6.45, 7) is 0. The third kappa shape index (κ3) is 3.38. The average Bonchev–Trinajstić information content (AvgIpc) is 2.36. The van der Waals surface area contributed by atoms with E-state index in [4.69, 9.17) is 5.11 Å². The van der Waals surface area contributed by atoms with Gasteiger partial charge in [-0.1, -0.05) is 22.0 Å². The van der Waals surface area contributed by atoms with Crippen LogP contribution in [0.2, 0.25) is 0 Å². The number of aromatic nitrogens is 1. The molecule has 2 N–H and O–H groups in total. The molecule has 0 unspecified atom stereocenters. The average molecular weight is 321 g/mol. The molecule has 2 rings (SSSR count). The first-order chi connectivity index (χ1) is 9.06. The molecule has 1 heterocycles. The number of carbonyl (C=O) groups excluding carboxylic acids is 1. The number of nitrogens with one attached hydrogen (secondary N) is 1. The van der Waals surface area contributed by atoms with E-state index in [-0.39, 0.29) is 0 Å². The van der Waals surface area contributed by atoms with E-state index in [0.29, 0.717) is 11.2 Å². The molecule has 0 bridgehead atoms. The fourth-order valence-corrected chi connectivity index (χ4v) is 2.05. The van der Waals surface area contributed by atoms with Crippen LogP contribution in [0.4, 0.5) is 5.69 Å². The monoisotopic (exact) mass is 320 g/mol. The molecule has 1 aromatic carbocycles. The molecule has 96 valence electrons. The lowest BCUT2D eigenvalue weighted by Crippen LogP contribution is -2.09.